The molecule has 0 bridgehead atoms. The molecule has 19 heavy (non-hydrogen) atoms. The van der Waals surface area contributed by atoms with Crippen LogP contribution in [0.2, 0.25) is 0 Å². The summed E-state index contributed by atoms with van der Waals surface area (Å²) in [7, 11) is 0. The van der Waals surface area contributed by atoms with E-state index in [1.165, 1.54) is 0 Å². The molecule has 8 heteroatoms. The van der Waals surface area contributed by atoms with Crippen LogP contribution >= 0.6 is 11.3 Å². The zero-order valence-electron chi connectivity index (χ0n) is 9.70. The zero-order valence-corrected chi connectivity index (χ0v) is 10.5. The number of fused-ring (bicyclic) bond motifs is 1. The third kappa shape index (κ3) is 2.07. The van der Waals surface area contributed by atoms with Crippen LogP contribution in [0.5, 0.6) is 0 Å². The first kappa shape index (κ1) is 12.7. The number of carboxylic acids is 1. The number of carbonyl (C=O) groups is 1. The molecule has 1 aromatic rings. The SMILES string of the molecule is O=C(O)[C@@]12C[C@@H](Nc3nc(C(F)(F)F)cs3)C[C@@H]1C2. The van der Waals surface area contributed by atoms with Crippen molar-refractivity contribution < 1.29 is 23.1 Å². The van der Waals surface area contributed by atoms with Crippen LogP contribution in [-0.2, 0) is 11.0 Å². The number of aromatic nitrogens is 1. The van der Waals surface area contributed by atoms with E-state index < -0.39 is 23.3 Å². The Labute approximate surface area is 110 Å². The molecule has 2 aliphatic carbocycles. The third-order valence-electron chi connectivity index (χ3n) is 3.96. The maximum absolute atomic E-state index is 12.4. The number of rotatable bonds is 3. The van der Waals surface area contributed by atoms with Crippen LogP contribution in [0.25, 0.3) is 0 Å². The van der Waals surface area contributed by atoms with Gasteiger partial charge in [0, 0.05) is 11.4 Å². The third-order valence-corrected chi connectivity index (χ3v) is 4.73. The van der Waals surface area contributed by atoms with Crippen molar-refractivity contribution in [3.8, 4) is 0 Å². The quantitative estimate of drug-likeness (QED) is 0.899. The Morgan fingerprint density at radius 3 is 2.79 bits per heavy atom. The van der Waals surface area contributed by atoms with Gasteiger partial charge in [-0.2, -0.15) is 13.2 Å². The summed E-state index contributed by atoms with van der Waals surface area (Å²) in [4.78, 5) is 14.6. The molecule has 0 aliphatic heterocycles. The molecule has 4 nitrogen and oxygen atoms in total. The predicted octanol–water partition coefficient (Wildman–Crippen LogP) is 2.83. The van der Waals surface area contributed by atoms with Gasteiger partial charge >= 0.3 is 12.1 Å². The van der Waals surface area contributed by atoms with Crippen molar-refractivity contribution in [2.24, 2.45) is 11.3 Å². The summed E-state index contributed by atoms with van der Waals surface area (Å²) in [6, 6.07) is -0.0953. The molecule has 0 spiro atoms. The average molecular weight is 292 g/mol. The second kappa shape index (κ2) is 3.84. The van der Waals surface area contributed by atoms with Crippen LogP contribution in [0, 0.1) is 11.3 Å². The molecular weight excluding hydrogens is 281 g/mol. The van der Waals surface area contributed by atoms with Crippen LogP contribution in [0.15, 0.2) is 5.38 Å². The molecule has 2 N–H and O–H groups in total. The van der Waals surface area contributed by atoms with Crippen molar-refractivity contribution in [2.45, 2.75) is 31.5 Å². The van der Waals surface area contributed by atoms with Gasteiger partial charge in [0.2, 0.25) is 0 Å². The summed E-state index contributed by atoms with van der Waals surface area (Å²) >= 11 is 0.897. The highest BCUT2D eigenvalue weighted by atomic mass is 32.1. The minimum Gasteiger partial charge on any atom is -0.481 e. The van der Waals surface area contributed by atoms with Gasteiger partial charge < -0.3 is 10.4 Å². The molecule has 0 radical (unpaired) electrons. The molecule has 0 saturated heterocycles. The number of aliphatic carboxylic acids is 1. The van der Waals surface area contributed by atoms with Gasteiger partial charge in [0.05, 0.1) is 5.41 Å². The van der Waals surface area contributed by atoms with Crippen molar-refractivity contribution in [1.29, 1.82) is 0 Å². The number of halogens is 3. The topological polar surface area (TPSA) is 62.2 Å². The average Bonchev–Trinajstić information content (AvgIpc) is 2.71. The van der Waals surface area contributed by atoms with E-state index in [1.54, 1.807) is 0 Å². The molecule has 2 saturated carbocycles. The molecule has 104 valence electrons. The van der Waals surface area contributed by atoms with Gasteiger partial charge in [0.15, 0.2) is 10.8 Å². The number of hydrogen-bond acceptors (Lipinski definition) is 4. The fourth-order valence-corrected chi connectivity index (χ4v) is 3.71. The van der Waals surface area contributed by atoms with E-state index in [0.717, 1.165) is 16.7 Å². The maximum atomic E-state index is 12.4. The first-order valence-corrected chi connectivity index (χ1v) is 6.72. The zero-order chi connectivity index (χ0) is 13.8. The summed E-state index contributed by atoms with van der Waals surface area (Å²) in [5.74, 6) is -0.638. The van der Waals surface area contributed by atoms with Gasteiger partial charge in [-0.1, -0.05) is 0 Å². The molecule has 0 unspecified atom stereocenters. The van der Waals surface area contributed by atoms with E-state index in [0.29, 0.717) is 19.3 Å². The Morgan fingerprint density at radius 2 is 2.26 bits per heavy atom. The monoisotopic (exact) mass is 292 g/mol. The second-order valence-electron chi connectivity index (χ2n) is 5.18. The van der Waals surface area contributed by atoms with Crippen LogP contribution in [-0.4, -0.2) is 22.1 Å². The number of alkyl halides is 3. The molecule has 1 aromatic heterocycles. The van der Waals surface area contributed by atoms with Crippen molar-refractivity contribution in [1.82, 2.24) is 4.98 Å². The standard InChI is InChI=1S/C11H11F3N2O2S/c12-11(13,14)7-4-19-9(16-7)15-6-1-5-2-10(5,3-6)8(17)18/h4-6H,1-3H2,(H,15,16)(H,17,18)/t5-,6+,10+/m1/s1. The van der Waals surface area contributed by atoms with Gasteiger partial charge in [-0.05, 0) is 25.2 Å². The highest BCUT2D eigenvalue weighted by Gasteiger charge is 2.65. The lowest BCUT2D eigenvalue weighted by Crippen LogP contribution is -2.22. The molecule has 1 heterocycles. The highest BCUT2D eigenvalue weighted by Crippen LogP contribution is 2.64. The van der Waals surface area contributed by atoms with Crippen molar-refractivity contribution in [3.05, 3.63) is 11.1 Å². The van der Waals surface area contributed by atoms with E-state index in [-0.39, 0.29) is 17.1 Å². The molecule has 3 atom stereocenters. The lowest BCUT2D eigenvalue weighted by molar-refractivity contribution is -0.143. The predicted molar refractivity (Wildman–Crippen MR) is 61.9 cm³/mol. The van der Waals surface area contributed by atoms with Crippen LogP contribution in [0.3, 0.4) is 0 Å². The Hall–Kier alpha value is -1.31. The number of nitrogens with one attached hydrogen (secondary N) is 1. The number of nitrogens with zero attached hydrogens (tertiary/aromatic N) is 1. The fraction of sp³-hybridized carbons (Fsp3) is 0.636. The van der Waals surface area contributed by atoms with Crippen molar-refractivity contribution >= 4 is 22.4 Å². The lowest BCUT2D eigenvalue weighted by atomic mass is 10.0. The van der Waals surface area contributed by atoms with Crippen LogP contribution in [0.4, 0.5) is 18.3 Å². The van der Waals surface area contributed by atoms with E-state index >= 15 is 0 Å². The van der Waals surface area contributed by atoms with Crippen LogP contribution in [0.1, 0.15) is 25.0 Å². The maximum Gasteiger partial charge on any atom is 0.434 e. The summed E-state index contributed by atoms with van der Waals surface area (Å²) in [5, 5.41) is 13.2. The number of hydrogen-bond donors (Lipinski definition) is 2. The van der Waals surface area contributed by atoms with E-state index in [4.69, 9.17) is 5.11 Å². The minimum absolute atomic E-state index is 0.0953. The largest absolute Gasteiger partial charge is 0.481 e. The summed E-state index contributed by atoms with van der Waals surface area (Å²) in [6.07, 6.45) is -2.59. The first-order valence-electron chi connectivity index (χ1n) is 5.84. The van der Waals surface area contributed by atoms with Crippen molar-refractivity contribution in [2.75, 3.05) is 5.32 Å². The second-order valence-corrected chi connectivity index (χ2v) is 6.04. The highest BCUT2D eigenvalue weighted by molar-refractivity contribution is 7.13. The Kier molecular flexibility index (Phi) is 2.57. The number of anilines is 1. The Morgan fingerprint density at radius 1 is 1.53 bits per heavy atom. The Balaban J connectivity index is 1.65. The molecule has 0 aromatic carbocycles. The Bertz CT molecular complexity index is 530. The molecule has 3 rings (SSSR count). The van der Waals surface area contributed by atoms with E-state index in [2.05, 4.69) is 10.3 Å². The lowest BCUT2D eigenvalue weighted by Gasteiger charge is -2.14. The van der Waals surface area contributed by atoms with E-state index in [9.17, 15) is 18.0 Å². The molecule has 0 amide bonds. The van der Waals surface area contributed by atoms with E-state index in [1.807, 2.05) is 0 Å². The molecular formula is C11H11F3N2O2S. The summed E-state index contributed by atoms with van der Waals surface area (Å²) in [5.41, 5.74) is -1.54. The van der Waals surface area contributed by atoms with Gasteiger partial charge in [-0.15, -0.1) is 11.3 Å². The molecule has 2 fully saturated rings. The van der Waals surface area contributed by atoms with Gasteiger partial charge in [-0.3, -0.25) is 4.79 Å². The smallest absolute Gasteiger partial charge is 0.434 e. The minimum atomic E-state index is -4.43. The summed E-state index contributed by atoms with van der Waals surface area (Å²) < 4.78 is 37.2. The van der Waals surface area contributed by atoms with Crippen LogP contribution < -0.4 is 5.32 Å². The normalized spacial score (nSPS) is 33.0. The summed E-state index contributed by atoms with van der Waals surface area (Å²) in [6.45, 7) is 0. The fourth-order valence-electron chi connectivity index (χ4n) is 2.91. The van der Waals surface area contributed by atoms with Crippen molar-refractivity contribution in [3.63, 3.8) is 0 Å². The first-order chi connectivity index (χ1) is 8.81. The number of thiazole rings is 1. The van der Waals surface area contributed by atoms with Gasteiger partial charge in [0.25, 0.3) is 0 Å². The number of carboxylic acid groups (broad SMARTS) is 1. The van der Waals surface area contributed by atoms with Gasteiger partial charge in [0.1, 0.15) is 0 Å². The molecule has 2 aliphatic rings. The van der Waals surface area contributed by atoms with Gasteiger partial charge in [-0.25, -0.2) is 4.98 Å².